The van der Waals surface area contributed by atoms with Gasteiger partial charge in [0.15, 0.2) is 11.5 Å². The summed E-state index contributed by atoms with van der Waals surface area (Å²) in [6.45, 7) is 1.54. The maximum Gasteiger partial charge on any atom is 0.271 e. The summed E-state index contributed by atoms with van der Waals surface area (Å²) in [5.41, 5.74) is 2.75. The molecule has 3 aromatic carbocycles. The number of non-ortho nitro benzene ring substituents is 1. The van der Waals surface area contributed by atoms with Crippen molar-refractivity contribution in [3.63, 3.8) is 0 Å². The largest absolute Gasteiger partial charge is 0.454 e. The number of fused-ring (bicyclic) bond motifs is 1. The smallest absolute Gasteiger partial charge is 0.271 e. The summed E-state index contributed by atoms with van der Waals surface area (Å²) >= 11 is 0. The highest BCUT2D eigenvalue weighted by Crippen LogP contribution is 2.35. The van der Waals surface area contributed by atoms with Crippen LogP contribution >= 0.6 is 0 Å². The van der Waals surface area contributed by atoms with Crippen molar-refractivity contribution in [2.75, 3.05) is 6.79 Å². The number of hydrogen-bond donors (Lipinski definition) is 0. The van der Waals surface area contributed by atoms with Crippen LogP contribution in [-0.2, 0) is 16.1 Å². The number of amides is 2. The van der Waals surface area contributed by atoms with Crippen LogP contribution in [0.25, 0.3) is 23.0 Å². The number of imide groups is 1. The molecule has 0 atom stereocenters. The predicted molar refractivity (Wildman–Crippen MR) is 150 cm³/mol. The summed E-state index contributed by atoms with van der Waals surface area (Å²) in [4.78, 5) is 39.1. The van der Waals surface area contributed by atoms with Gasteiger partial charge in [-0.2, -0.15) is 10.4 Å². The van der Waals surface area contributed by atoms with Crippen molar-refractivity contribution in [1.82, 2.24) is 14.7 Å². The van der Waals surface area contributed by atoms with Gasteiger partial charge in [0.1, 0.15) is 17.3 Å². The molecule has 0 saturated heterocycles. The first-order valence-electron chi connectivity index (χ1n) is 12.8. The Kier molecular flexibility index (Phi) is 6.56. The molecule has 0 unspecified atom stereocenters. The maximum absolute atomic E-state index is 13.8. The second kappa shape index (κ2) is 10.5. The average Bonchev–Trinajstić information content (AvgIpc) is 3.65. The SMILES string of the molecule is CC1=C(C#N)C(=O)N(Cc2ccc3c(c2)OCO3)C(=O)/C1=C/c1cn(-c2ccccc2)nc1-c1cccc([N+](=O)[O-])c1. The van der Waals surface area contributed by atoms with Crippen LogP contribution in [0.3, 0.4) is 0 Å². The Morgan fingerprint density at radius 2 is 1.81 bits per heavy atom. The Labute approximate surface area is 239 Å². The van der Waals surface area contributed by atoms with Crippen molar-refractivity contribution in [3.05, 3.63) is 117 Å². The lowest BCUT2D eigenvalue weighted by molar-refractivity contribution is -0.384. The van der Waals surface area contributed by atoms with E-state index in [0.29, 0.717) is 33.9 Å². The van der Waals surface area contributed by atoms with Crippen molar-refractivity contribution in [2.24, 2.45) is 0 Å². The molecule has 11 nitrogen and oxygen atoms in total. The van der Waals surface area contributed by atoms with E-state index in [1.165, 1.54) is 12.1 Å². The first-order chi connectivity index (χ1) is 20.3. The molecule has 2 amide bonds. The van der Waals surface area contributed by atoms with E-state index in [1.54, 1.807) is 54.2 Å². The Morgan fingerprint density at radius 1 is 1.02 bits per heavy atom. The third-order valence-electron chi connectivity index (χ3n) is 7.00. The van der Waals surface area contributed by atoms with Crippen molar-refractivity contribution in [3.8, 4) is 34.5 Å². The van der Waals surface area contributed by atoms with Crippen molar-refractivity contribution >= 4 is 23.6 Å². The van der Waals surface area contributed by atoms with Gasteiger partial charge < -0.3 is 9.47 Å². The molecule has 0 fully saturated rings. The molecule has 0 N–H and O–H groups in total. The van der Waals surface area contributed by atoms with Gasteiger partial charge in [0.2, 0.25) is 6.79 Å². The number of nitro benzene ring substituents is 1. The van der Waals surface area contributed by atoms with Crippen molar-refractivity contribution < 1.29 is 24.0 Å². The fourth-order valence-electron chi connectivity index (χ4n) is 4.85. The van der Waals surface area contributed by atoms with Gasteiger partial charge in [-0.3, -0.25) is 24.6 Å². The van der Waals surface area contributed by atoms with Crippen LogP contribution in [0, 0.1) is 21.4 Å². The second-order valence-corrected chi connectivity index (χ2v) is 9.57. The van der Waals surface area contributed by atoms with Crippen LogP contribution in [0.5, 0.6) is 11.5 Å². The minimum Gasteiger partial charge on any atom is -0.454 e. The minimum atomic E-state index is -0.700. The lowest BCUT2D eigenvalue weighted by Gasteiger charge is -2.27. The highest BCUT2D eigenvalue weighted by atomic mass is 16.7. The Morgan fingerprint density at radius 3 is 2.57 bits per heavy atom. The summed E-state index contributed by atoms with van der Waals surface area (Å²) in [5, 5.41) is 26.0. The number of carbonyl (C=O) groups excluding carboxylic acids is 2. The van der Waals surface area contributed by atoms with Gasteiger partial charge in [0.25, 0.3) is 17.5 Å². The van der Waals surface area contributed by atoms with Crippen LogP contribution < -0.4 is 9.47 Å². The molecular formula is C31H21N5O6. The summed E-state index contributed by atoms with van der Waals surface area (Å²) in [5.74, 6) is -0.226. The van der Waals surface area contributed by atoms with Gasteiger partial charge in [-0.15, -0.1) is 0 Å². The zero-order valence-electron chi connectivity index (χ0n) is 22.2. The van der Waals surface area contributed by atoms with Crippen LogP contribution in [0.2, 0.25) is 0 Å². The molecule has 4 aromatic rings. The van der Waals surface area contributed by atoms with Gasteiger partial charge in [0.05, 0.1) is 17.2 Å². The third kappa shape index (κ3) is 4.67. The molecule has 3 heterocycles. The summed E-state index contributed by atoms with van der Waals surface area (Å²) in [7, 11) is 0. The first kappa shape index (κ1) is 26.2. The van der Waals surface area contributed by atoms with Gasteiger partial charge in [-0.05, 0) is 48.4 Å². The third-order valence-corrected chi connectivity index (χ3v) is 7.00. The zero-order valence-corrected chi connectivity index (χ0v) is 22.2. The second-order valence-electron chi connectivity index (χ2n) is 9.57. The number of ether oxygens (including phenoxy) is 2. The quantitative estimate of drug-likeness (QED) is 0.140. The van der Waals surface area contributed by atoms with Gasteiger partial charge in [-0.1, -0.05) is 36.4 Å². The number of hydrogen-bond acceptors (Lipinski definition) is 8. The number of carbonyl (C=O) groups is 2. The highest BCUT2D eigenvalue weighted by Gasteiger charge is 2.36. The van der Waals surface area contributed by atoms with Crippen LogP contribution in [-0.4, -0.2) is 38.2 Å². The van der Waals surface area contributed by atoms with E-state index in [4.69, 9.17) is 14.6 Å². The van der Waals surface area contributed by atoms with Gasteiger partial charge >= 0.3 is 0 Å². The summed E-state index contributed by atoms with van der Waals surface area (Å²) in [6, 6.07) is 22.3. The number of nitriles is 1. The number of para-hydroxylation sites is 1. The molecule has 0 bridgehead atoms. The van der Waals surface area contributed by atoms with Crippen LogP contribution in [0.1, 0.15) is 18.1 Å². The molecule has 1 aromatic heterocycles. The minimum absolute atomic E-state index is 0.0807. The Bertz CT molecular complexity index is 1880. The molecule has 0 aliphatic carbocycles. The fourth-order valence-corrected chi connectivity index (χ4v) is 4.85. The highest BCUT2D eigenvalue weighted by molar-refractivity contribution is 6.19. The van der Waals surface area contributed by atoms with E-state index in [0.717, 1.165) is 10.6 Å². The molecule has 0 radical (unpaired) electrons. The topological polar surface area (TPSA) is 141 Å². The molecular weight excluding hydrogens is 538 g/mol. The number of benzene rings is 3. The lowest BCUT2D eigenvalue weighted by atomic mass is 9.93. The molecule has 2 aliphatic heterocycles. The first-order valence-corrected chi connectivity index (χ1v) is 12.8. The molecule has 0 saturated carbocycles. The van der Waals surface area contributed by atoms with Gasteiger partial charge in [-0.25, -0.2) is 4.68 Å². The monoisotopic (exact) mass is 559 g/mol. The number of aromatic nitrogens is 2. The molecule has 42 heavy (non-hydrogen) atoms. The summed E-state index contributed by atoms with van der Waals surface area (Å²) in [6.07, 6.45) is 3.26. The molecule has 6 rings (SSSR count). The molecule has 11 heteroatoms. The molecule has 2 aliphatic rings. The normalized spacial score (nSPS) is 15.3. The van der Waals surface area contributed by atoms with Crippen molar-refractivity contribution in [2.45, 2.75) is 13.5 Å². The molecule has 206 valence electrons. The average molecular weight is 560 g/mol. The van der Waals surface area contributed by atoms with E-state index >= 15 is 0 Å². The van der Waals surface area contributed by atoms with Crippen LogP contribution in [0.15, 0.2) is 95.7 Å². The van der Waals surface area contributed by atoms with E-state index in [-0.39, 0.29) is 35.7 Å². The fraction of sp³-hybridized carbons (Fsp3) is 0.0968. The van der Waals surface area contributed by atoms with Crippen LogP contribution in [0.4, 0.5) is 5.69 Å². The molecule has 0 spiro atoms. The maximum atomic E-state index is 13.8. The Balaban J connectivity index is 1.47. The zero-order chi connectivity index (χ0) is 29.4. The number of nitro groups is 1. The van der Waals surface area contributed by atoms with Crippen molar-refractivity contribution in [1.29, 1.82) is 5.26 Å². The van der Waals surface area contributed by atoms with E-state index in [9.17, 15) is 25.0 Å². The lowest BCUT2D eigenvalue weighted by Crippen LogP contribution is -2.42. The number of nitrogens with zero attached hydrogens (tertiary/aromatic N) is 5. The summed E-state index contributed by atoms with van der Waals surface area (Å²) < 4.78 is 12.4. The number of rotatable bonds is 6. The Hall–Kier alpha value is -6.02. The van der Waals surface area contributed by atoms with Gasteiger partial charge in [0, 0.05) is 35.0 Å². The van der Waals surface area contributed by atoms with E-state index in [2.05, 4.69) is 0 Å². The standard InChI is InChI=1S/C31H21N5O6/c1-19-25(30(37)34(31(38)26(19)15-32)16-20-10-11-27-28(12-20)42-18-41-27)14-22-17-35(23-7-3-2-4-8-23)33-29(22)21-6-5-9-24(13-21)36(39)40/h2-14,17H,16,18H2,1H3/b25-14+. The van der Waals surface area contributed by atoms with E-state index < -0.39 is 16.7 Å². The predicted octanol–water partition coefficient (Wildman–Crippen LogP) is 4.97. The van der Waals surface area contributed by atoms with E-state index in [1.807, 2.05) is 36.4 Å².